The van der Waals surface area contributed by atoms with Crippen molar-refractivity contribution in [1.82, 2.24) is 9.97 Å². The highest BCUT2D eigenvalue weighted by Gasteiger charge is 2.03. The Morgan fingerprint density at radius 1 is 1.22 bits per heavy atom. The third kappa shape index (κ3) is 2.92. The number of benzene rings is 1. The van der Waals surface area contributed by atoms with Gasteiger partial charge >= 0.3 is 0 Å². The van der Waals surface area contributed by atoms with Gasteiger partial charge in [0.2, 0.25) is 0 Å². The maximum atomic E-state index is 13.1. The molecule has 5 nitrogen and oxygen atoms in total. The van der Waals surface area contributed by atoms with Crippen molar-refractivity contribution in [3.05, 3.63) is 42.0 Å². The Kier molecular flexibility index (Phi) is 3.69. The van der Waals surface area contributed by atoms with Crippen LogP contribution in [0.15, 0.2) is 30.3 Å². The number of nitrogen functional groups attached to an aromatic ring is 1. The van der Waals surface area contributed by atoms with Crippen LogP contribution in [0.2, 0.25) is 0 Å². The van der Waals surface area contributed by atoms with Gasteiger partial charge in [0.15, 0.2) is 0 Å². The van der Waals surface area contributed by atoms with E-state index in [2.05, 4.69) is 20.7 Å². The lowest BCUT2D eigenvalue weighted by Crippen LogP contribution is -2.11. The van der Waals surface area contributed by atoms with E-state index in [1.807, 2.05) is 6.92 Å². The van der Waals surface area contributed by atoms with Gasteiger partial charge in [0, 0.05) is 18.2 Å². The number of hydrogen-bond donors (Lipinski definition) is 3. The number of nitrogens with zero attached hydrogens (tertiary/aromatic N) is 2. The fourth-order valence-electron chi connectivity index (χ4n) is 1.51. The number of hydrogen-bond acceptors (Lipinski definition) is 5. The maximum Gasteiger partial charge on any atom is 0.145 e. The predicted octanol–water partition coefficient (Wildman–Crippen LogP) is 2.21. The van der Waals surface area contributed by atoms with Gasteiger partial charge in [0.25, 0.3) is 0 Å². The second-order valence-corrected chi connectivity index (χ2v) is 3.69. The summed E-state index contributed by atoms with van der Waals surface area (Å²) in [5, 5.41) is 3.01. The number of aromatic nitrogens is 2. The van der Waals surface area contributed by atoms with Gasteiger partial charge in [-0.15, -0.1) is 0 Å². The summed E-state index contributed by atoms with van der Waals surface area (Å²) in [4.78, 5) is 8.45. The molecule has 1 aromatic heterocycles. The molecule has 0 amide bonds. The van der Waals surface area contributed by atoms with Crippen LogP contribution < -0.4 is 16.6 Å². The molecule has 0 aliphatic heterocycles. The predicted molar refractivity (Wildman–Crippen MR) is 68.9 cm³/mol. The summed E-state index contributed by atoms with van der Waals surface area (Å²) in [6.07, 6.45) is 0.688. The van der Waals surface area contributed by atoms with Gasteiger partial charge in [-0.1, -0.05) is 13.0 Å². The van der Waals surface area contributed by atoms with E-state index < -0.39 is 0 Å². The smallest absolute Gasteiger partial charge is 0.145 e. The zero-order chi connectivity index (χ0) is 13.0. The van der Waals surface area contributed by atoms with Crippen molar-refractivity contribution in [1.29, 1.82) is 0 Å². The van der Waals surface area contributed by atoms with Crippen LogP contribution in [0.1, 0.15) is 12.7 Å². The summed E-state index contributed by atoms with van der Waals surface area (Å²) in [5.41, 5.74) is 3.10. The quantitative estimate of drug-likeness (QED) is 0.570. The first kappa shape index (κ1) is 12.3. The van der Waals surface area contributed by atoms with E-state index >= 15 is 0 Å². The third-order valence-electron chi connectivity index (χ3n) is 2.33. The topological polar surface area (TPSA) is 75.9 Å². The van der Waals surface area contributed by atoms with Crippen LogP contribution in [-0.4, -0.2) is 9.97 Å². The Morgan fingerprint density at radius 2 is 2.00 bits per heavy atom. The highest BCUT2D eigenvalue weighted by Crippen LogP contribution is 2.17. The summed E-state index contributed by atoms with van der Waals surface area (Å²) in [6.45, 7) is 1.95. The molecular weight excluding hydrogens is 233 g/mol. The molecule has 2 aromatic rings. The largest absolute Gasteiger partial charge is 0.340 e. The summed E-state index contributed by atoms with van der Waals surface area (Å²) >= 11 is 0. The minimum Gasteiger partial charge on any atom is -0.340 e. The molecule has 0 saturated heterocycles. The molecule has 1 heterocycles. The van der Waals surface area contributed by atoms with Crippen molar-refractivity contribution in [2.75, 3.05) is 10.7 Å². The van der Waals surface area contributed by atoms with Crippen molar-refractivity contribution in [2.45, 2.75) is 13.3 Å². The molecule has 0 fully saturated rings. The number of anilines is 3. The maximum absolute atomic E-state index is 13.1. The zero-order valence-electron chi connectivity index (χ0n) is 9.94. The van der Waals surface area contributed by atoms with Crippen LogP contribution in [0.5, 0.6) is 0 Å². The minimum atomic E-state index is -0.304. The van der Waals surface area contributed by atoms with Gasteiger partial charge in [0.1, 0.15) is 23.3 Å². The Hall–Kier alpha value is -2.21. The zero-order valence-corrected chi connectivity index (χ0v) is 9.94. The lowest BCUT2D eigenvalue weighted by molar-refractivity contribution is 0.628. The van der Waals surface area contributed by atoms with Crippen molar-refractivity contribution in [3.8, 4) is 0 Å². The lowest BCUT2D eigenvalue weighted by atomic mass is 10.3. The van der Waals surface area contributed by atoms with Gasteiger partial charge in [-0.25, -0.2) is 20.2 Å². The Balaban J connectivity index is 2.28. The minimum absolute atomic E-state index is 0.304. The average Bonchev–Trinajstić information content (AvgIpc) is 2.38. The second-order valence-electron chi connectivity index (χ2n) is 3.69. The molecule has 94 valence electrons. The number of halogens is 1. The molecule has 0 spiro atoms. The molecule has 0 atom stereocenters. The lowest BCUT2D eigenvalue weighted by Gasteiger charge is -2.09. The van der Waals surface area contributed by atoms with Gasteiger partial charge in [-0.3, -0.25) is 0 Å². The summed E-state index contributed by atoms with van der Waals surface area (Å²) in [5.74, 6) is 6.77. The number of aryl methyl sites for hydroxylation is 1. The molecule has 6 heteroatoms. The monoisotopic (exact) mass is 247 g/mol. The molecule has 0 aliphatic rings. The first-order valence-corrected chi connectivity index (χ1v) is 5.58. The van der Waals surface area contributed by atoms with E-state index in [-0.39, 0.29) is 5.82 Å². The highest BCUT2D eigenvalue weighted by molar-refractivity contribution is 5.58. The van der Waals surface area contributed by atoms with Crippen molar-refractivity contribution in [3.63, 3.8) is 0 Å². The number of rotatable bonds is 4. The highest BCUT2D eigenvalue weighted by atomic mass is 19.1. The van der Waals surface area contributed by atoms with E-state index in [4.69, 9.17) is 5.84 Å². The summed E-state index contributed by atoms with van der Waals surface area (Å²) in [6, 6.07) is 7.82. The van der Waals surface area contributed by atoms with Crippen LogP contribution in [0.4, 0.5) is 21.7 Å². The van der Waals surface area contributed by atoms with Crippen LogP contribution in [0.3, 0.4) is 0 Å². The molecule has 0 radical (unpaired) electrons. The van der Waals surface area contributed by atoms with Gasteiger partial charge in [-0.2, -0.15) is 0 Å². The van der Waals surface area contributed by atoms with E-state index in [0.29, 0.717) is 29.6 Å². The number of hydrazine groups is 1. The fraction of sp³-hybridized carbons (Fsp3) is 0.167. The number of nitrogens with two attached hydrogens (primary N) is 1. The van der Waals surface area contributed by atoms with Gasteiger partial charge < -0.3 is 10.7 Å². The first-order valence-electron chi connectivity index (χ1n) is 5.58. The molecule has 18 heavy (non-hydrogen) atoms. The van der Waals surface area contributed by atoms with Crippen molar-refractivity contribution >= 4 is 17.3 Å². The molecule has 0 saturated carbocycles. The molecule has 0 unspecified atom stereocenters. The Morgan fingerprint density at radius 3 is 2.67 bits per heavy atom. The number of nitrogens with one attached hydrogen (secondary N) is 2. The van der Waals surface area contributed by atoms with E-state index in [9.17, 15) is 4.39 Å². The molecular formula is C12H14FN5. The fourth-order valence-corrected chi connectivity index (χ4v) is 1.51. The Labute approximate surface area is 104 Å². The van der Waals surface area contributed by atoms with Crippen LogP contribution in [0.25, 0.3) is 0 Å². The molecule has 0 bridgehead atoms. The van der Waals surface area contributed by atoms with Crippen molar-refractivity contribution in [2.24, 2.45) is 5.84 Å². The van der Waals surface area contributed by atoms with Gasteiger partial charge in [-0.05, 0) is 18.2 Å². The average molecular weight is 247 g/mol. The van der Waals surface area contributed by atoms with E-state index in [0.717, 1.165) is 0 Å². The second kappa shape index (κ2) is 5.42. The Bertz CT molecular complexity index is 521. The van der Waals surface area contributed by atoms with Gasteiger partial charge in [0.05, 0.1) is 0 Å². The van der Waals surface area contributed by atoms with Crippen LogP contribution in [0, 0.1) is 5.82 Å². The SMILES string of the molecule is CCc1nc(NN)cc(Nc2cccc(F)c2)n1. The third-order valence-corrected chi connectivity index (χ3v) is 2.33. The summed E-state index contributed by atoms with van der Waals surface area (Å²) in [7, 11) is 0. The van der Waals surface area contributed by atoms with Crippen LogP contribution in [-0.2, 0) is 6.42 Å². The molecule has 0 aliphatic carbocycles. The van der Waals surface area contributed by atoms with Crippen LogP contribution >= 0.6 is 0 Å². The molecule has 4 N–H and O–H groups in total. The normalized spacial score (nSPS) is 10.2. The van der Waals surface area contributed by atoms with Crippen molar-refractivity contribution < 1.29 is 4.39 Å². The van der Waals surface area contributed by atoms with E-state index in [1.54, 1.807) is 18.2 Å². The molecule has 2 rings (SSSR count). The molecule has 1 aromatic carbocycles. The van der Waals surface area contributed by atoms with E-state index in [1.165, 1.54) is 12.1 Å². The standard InChI is InChI=1S/C12H14FN5/c1-2-10-16-11(7-12(17-10)18-14)15-9-5-3-4-8(13)6-9/h3-7H,2,14H2,1H3,(H2,15,16,17,18). The first-order chi connectivity index (χ1) is 8.71. The summed E-state index contributed by atoms with van der Waals surface area (Å²) < 4.78 is 13.1.